The van der Waals surface area contributed by atoms with Crippen molar-refractivity contribution in [3.8, 4) is 0 Å². The van der Waals surface area contributed by atoms with Gasteiger partial charge in [-0.2, -0.15) is 0 Å². The van der Waals surface area contributed by atoms with Crippen molar-refractivity contribution in [1.82, 2.24) is 0 Å². The maximum absolute atomic E-state index is 11.4. The summed E-state index contributed by atoms with van der Waals surface area (Å²) in [5.41, 5.74) is 0. The number of rotatable bonds is 3. The van der Waals surface area contributed by atoms with Crippen LogP contribution in [0.1, 0.15) is 26.7 Å². The zero-order chi connectivity index (χ0) is 10.7. The van der Waals surface area contributed by atoms with Crippen molar-refractivity contribution in [2.75, 3.05) is 5.75 Å². The van der Waals surface area contributed by atoms with Gasteiger partial charge in [0, 0.05) is 0 Å². The zero-order valence-corrected chi connectivity index (χ0v) is 9.32. The third kappa shape index (κ3) is 3.63. The fraction of sp³-hybridized carbons (Fsp3) is 0.833. The smallest absolute Gasteiger partial charge is 0.185 e. The van der Waals surface area contributed by atoms with Crippen molar-refractivity contribution in [2.24, 2.45) is 5.14 Å². The number of hydrogen-bond acceptors (Lipinski definition) is 3. The molecule has 7 heteroatoms. The molecule has 0 aromatic rings. The Bertz CT molecular complexity index is 367. The molecular formula is C6H15NO4S2. The van der Waals surface area contributed by atoms with E-state index in [1.54, 1.807) is 6.92 Å². The van der Waals surface area contributed by atoms with E-state index >= 15 is 0 Å². The topological polar surface area (TPSA) is 97.5 Å². The van der Waals surface area contributed by atoms with Crippen LogP contribution in [0.25, 0.3) is 0 Å². The van der Waals surface area contributed by atoms with Crippen LogP contribution in [0.5, 0.6) is 0 Å². The van der Waals surface area contributed by atoms with Gasteiger partial charge in [0.1, 0.15) is 4.20 Å². The Kier molecular flexibility index (Phi) is 4.37. The molecule has 0 rings (SSSR count). The molecule has 0 aliphatic carbocycles. The Morgan fingerprint density at radius 2 is 1.77 bits per heavy atom. The second kappa shape index (κ2) is 4.41. The predicted octanol–water partition coefficient (Wildman–Crippen LogP) is -0.0178. The zero-order valence-electron chi connectivity index (χ0n) is 7.69. The van der Waals surface area contributed by atoms with Crippen molar-refractivity contribution in [2.45, 2.75) is 26.7 Å². The third-order valence-corrected chi connectivity index (χ3v) is 5.78. The first-order chi connectivity index (χ1) is 5.75. The van der Waals surface area contributed by atoms with Gasteiger partial charge in [-0.25, -0.2) is 17.8 Å². The van der Waals surface area contributed by atoms with E-state index in [-0.39, 0.29) is 12.2 Å². The highest BCUT2D eigenvalue weighted by atomic mass is 32.3. The number of sulfone groups is 1. The monoisotopic (exact) mass is 229 g/mol. The molecule has 5 nitrogen and oxygen atoms in total. The summed E-state index contributed by atoms with van der Waals surface area (Å²) < 4.78 is 42.1. The second-order valence-corrected chi connectivity index (χ2v) is 6.63. The molecule has 0 aliphatic heterocycles. The van der Waals surface area contributed by atoms with Gasteiger partial charge >= 0.3 is 0 Å². The van der Waals surface area contributed by atoms with Crippen LogP contribution in [0.2, 0.25) is 0 Å². The van der Waals surface area contributed by atoms with Crippen LogP contribution >= 0.6 is 0 Å². The highest BCUT2D eigenvalue weighted by Gasteiger charge is 2.21. The molecule has 1 atom stereocenters. The molecule has 0 aromatic heterocycles. The van der Waals surface area contributed by atoms with E-state index in [0.717, 1.165) is 0 Å². The first-order valence-electron chi connectivity index (χ1n) is 3.88. The molecule has 13 heavy (non-hydrogen) atoms. The summed E-state index contributed by atoms with van der Waals surface area (Å²) in [6.07, 6.45) is 0.384. The Labute approximate surface area is 79.2 Å². The SMILES string of the molecule is CCCS(=O)(=O)C(CC)=S(N)(=O)O. The van der Waals surface area contributed by atoms with Crippen LogP contribution < -0.4 is 5.14 Å². The quantitative estimate of drug-likeness (QED) is 0.665. The predicted molar refractivity (Wildman–Crippen MR) is 54.3 cm³/mol. The average Bonchev–Trinajstić information content (AvgIpc) is 1.83. The van der Waals surface area contributed by atoms with E-state index in [1.807, 2.05) is 0 Å². The summed E-state index contributed by atoms with van der Waals surface area (Å²) in [4.78, 5) is 0. The maximum Gasteiger partial charge on any atom is 0.185 e. The Balaban J connectivity index is 5.42. The second-order valence-electron chi connectivity index (χ2n) is 2.61. The van der Waals surface area contributed by atoms with Gasteiger partial charge in [0.05, 0.1) is 5.75 Å². The molecule has 0 heterocycles. The van der Waals surface area contributed by atoms with Crippen LogP contribution in [0, 0.1) is 0 Å². The van der Waals surface area contributed by atoms with Crippen molar-refractivity contribution in [3.05, 3.63) is 0 Å². The Hall–Kier alpha value is -0.110. The molecule has 0 fully saturated rings. The largest absolute Gasteiger partial charge is 0.302 e. The summed E-state index contributed by atoms with van der Waals surface area (Å²) in [7, 11) is -7.43. The molecule has 0 bridgehead atoms. The van der Waals surface area contributed by atoms with Gasteiger partial charge in [-0.1, -0.05) is 13.8 Å². The van der Waals surface area contributed by atoms with Crippen LogP contribution in [-0.2, 0) is 19.8 Å². The molecule has 1 unspecified atom stereocenters. The van der Waals surface area contributed by atoms with Crippen molar-refractivity contribution in [3.63, 3.8) is 0 Å². The molecule has 0 aliphatic rings. The summed E-state index contributed by atoms with van der Waals surface area (Å²) in [6, 6.07) is 0. The van der Waals surface area contributed by atoms with Gasteiger partial charge in [0.25, 0.3) is 0 Å². The molecule has 0 radical (unpaired) electrons. The van der Waals surface area contributed by atoms with Crippen molar-refractivity contribution < 1.29 is 17.2 Å². The Morgan fingerprint density at radius 1 is 1.31 bits per heavy atom. The molecule has 0 saturated carbocycles. The van der Waals surface area contributed by atoms with E-state index in [0.29, 0.717) is 6.42 Å². The van der Waals surface area contributed by atoms with Crippen molar-refractivity contribution >= 4 is 24.0 Å². The van der Waals surface area contributed by atoms with Gasteiger partial charge in [-0.3, -0.25) is 0 Å². The van der Waals surface area contributed by atoms with Crippen LogP contribution in [-0.4, -0.2) is 27.1 Å². The molecule has 0 aromatic carbocycles. The lowest BCUT2D eigenvalue weighted by atomic mass is 10.6. The van der Waals surface area contributed by atoms with Gasteiger partial charge in [-0.05, 0) is 12.8 Å². The minimum atomic E-state index is -3.82. The van der Waals surface area contributed by atoms with Gasteiger partial charge in [0.2, 0.25) is 0 Å². The van der Waals surface area contributed by atoms with Crippen LogP contribution in [0.15, 0.2) is 0 Å². The number of nitrogens with two attached hydrogens (primary N) is 1. The molecular weight excluding hydrogens is 214 g/mol. The highest BCUT2D eigenvalue weighted by molar-refractivity contribution is 8.21. The number of hydrogen-bond donors (Lipinski definition) is 2. The van der Waals surface area contributed by atoms with Gasteiger partial charge in [-0.15, -0.1) is 0 Å². The molecule has 3 N–H and O–H groups in total. The molecule has 80 valence electrons. The fourth-order valence-electron chi connectivity index (χ4n) is 0.991. The van der Waals surface area contributed by atoms with Gasteiger partial charge < -0.3 is 4.55 Å². The fourth-order valence-corrected chi connectivity index (χ4v) is 4.32. The van der Waals surface area contributed by atoms with Crippen molar-refractivity contribution in [1.29, 1.82) is 0 Å². The average molecular weight is 229 g/mol. The normalized spacial score (nSPS) is 16.6. The first-order valence-corrected chi connectivity index (χ1v) is 7.11. The minimum absolute atomic E-state index is 0.0197. The van der Waals surface area contributed by atoms with E-state index in [4.69, 9.17) is 9.69 Å². The molecule has 0 amide bonds. The first kappa shape index (κ1) is 12.9. The van der Waals surface area contributed by atoms with E-state index in [1.165, 1.54) is 6.92 Å². The van der Waals surface area contributed by atoms with E-state index < -0.39 is 24.0 Å². The summed E-state index contributed by atoms with van der Waals surface area (Å²) >= 11 is 0. The lowest BCUT2D eigenvalue weighted by Crippen LogP contribution is -2.29. The molecule has 0 saturated heterocycles. The summed E-state index contributed by atoms with van der Waals surface area (Å²) in [5, 5.41) is 4.87. The van der Waals surface area contributed by atoms with E-state index in [9.17, 15) is 12.6 Å². The Morgan fingerprint density at radius 3 is 2.00 bits per heavy atom. The lowest BCUT2D eigenvalue weighted by molar-refractivity contribution is 0.560. The standard InChI is InChI=1S/C6H15NO4S2/c1-3-5-12(8,9)6(4-2)13(7,10)11/h3-5H2,1-2H3,(H3,7,10,11). The third-order valence-electron chi connectivity index (χ3n) is 1.43. The minimum Gasteiger partial charge on any atom is -0.302 e. The highest BCUT2D eigenvalue weighted by Crippen LogP contribution is 2.03. The molecule has 0 spiro atoms. The van der Waals surface area contributed by atoms with E-state index in [2.05, 4.69) is 0 Å². The van der Waals surface area contributed by atoms with Gasteiger partial charge in [0.15, 0.2) is 19.8 Å². The summed E-state index contributed by atoms with van der Waals surface area (Å²) in [6.45, 7) is 3.17. The van der Waals surface area contributed by atoms with Crippen LogP contribution in [0.4, 0.5) is 0 Å². The summed E-state index contributed by atoms with van der Waals surface area (Å²) in [5.74, 6) is -0.134. The maximum atomic E-state index is 11.4. The lowest BCUT2D eigenvalue weighted by Gasteiger charge is -2.07. The van der Waals surface area contributed by atoms with Crippen LogP contribution in [0.3, 0.4) is 0 Å².